The Hall–Kier alpha value is -3.75. The van der Waals surface area contributed by atoms with Gasteiger partial charge in [0.05, 0.1) is 24.1 Å². The molecule has 0 aromatic heterocycles. The lowest BCUT2D eigenvalue weighted by molar-refractivity contribution is 0.260. The lowest BCUT2D eigenvalue weighted by Gasteiger charge is -2.29. The molecule has 7 rings (SSSR count). The van der Waals surface area contributed by atoms with E-state index in [1.165, 1.54) is 41.5 Å². The predicted octanol–water partition coefficient (Wildman–Crippen LogP) is 7.21. The second-order valence-corrected chi connectivity index (χ2v) is 12.3. The molecule has 1 aliphatic carbocycles. The van der Waals surface area contributed by atoms with Gasteiger partial charge in [-0.05, 0) is 60.4 Å². The number of hydrogen-bond donors (Lipinski definition) is 1. The van der Waals surface area contributed by atoms with Crippen LogP contribution in [0.4, 0.5) is 0 Å². The first kappa shape index (κ1) is 28.4. The number of likely N-dealkylation sites (tertiary alicyclic amines) is 2. The molecule has 4 heteroatoms. The molecule has 0 bridgehead atoms. The zero-order valence-electron chi connectivity index (χ0n) is 24.4. The summed E-state index contributed by atoms with van der Waals surface area (Å²) in [6.45, 7) is 4.14. The summed E-state index contributed by atoms with van der Waals surface area (Å²) >= 11 is 0. The normalized spacial score (nSPS) is 21.6. The maximum atomic E-state index is 9.13. The van der Waals surface area contributed by atoms with Crippen LogP contribution in [0.3, 0.4) is 0 Å². The highest BCUT2D eigenvalue weighted by molar-refractivity contribution is 5.33. The Labute approximate surface area is 251 Å². The summed E-state index contributed by atoms with van der Waals surface area (Å²) in [4.78, 5) is 5.06. The summed E-state index contributed by atoms with van der Waals surface area (Å²) < 4.78 is 0. The molecule has 2 saturated heterocycles. The summed E-state index contributed by atoms with van der Waals surface area (Å²) in [5.41, 5.74) is 12.0. The number of rotatable bonds is 7. The molecule has 0 unspecified atom stereocenters. The zero-order chi connectivity index (χ0) is 28.8. The average Bonchev–Trinajstić information content (AvgIpc) is 3.40. The standard InChI is InChI=1S/C20H24N2.C18H18N2/c21-20(12-13-20)18-11-14-22(15-18)19(16-7-3-1-4-8-16)17-9-5-2-6-10-17;19-13-15-11-12-20(14-15)18(16-7-3-1-4-8-16)17-9-5-2-6-10-17/h1-10,18-19H,11-15,21H2;1-10,15,18H,11-12,14H2/t18-;15-/m10/s1. The first-order valence-corrected chi connectivity index (χ1v) is 15.5. The van der Waals surface area contributed by atoms with Crippen molar-refractivity contribution in [2.45, 2.75) is 43.3 Å². The molecule has 214 valence electrons. The SMILES string of the molecule is N#C[C@@H]1CCN(C(c2ccccc2)c2ccccc2)C1.NC1([C@@H]2CCN(C(c3ccccc3)c3ccccc3)C2)CC1. The van der Waals surface area contributed by atoms with Crippen molar-refractivity contribution in [3.63, 3.8) is 0 Å². The second-order valence-electron chi connectivity index (χ2n) is 12.3. The largest absolute Gasteiger partial charge is 0.325 e. The summed E-state index contributed by atoms with van der Waals surface area (Å²) in [5, 5.41) is 9.13. The van der Waals surface area contributed by atoms with Gasteiger partial charge in [0.15, 0.2) is 0 Å². The van der Waals surface area contributed by atoms with Crippen LogP contribution in [0.5, 0.6) is 0 Å². The molecule has 1 saturated carbocycles. The van der Waals surface area contributed by atoms with Crippen LogP contribution < -0.4 is 5.73 Å². The van der Waals surface area contributed by atoms with Gasteiger partial charge in [-0.15, -0.1) is 0 Å². The third-order valence-corrected chi connectivity index (χ3v) is 9.45. The number of benzene rings is 4. The minimum absolute atomic E-state index is 0.146. The number of nitrogens with two attached hydrogens (primary N) is 1. The van der Waals surface area contributed by atoms with Crippen molar-refractivity contribution in [2.75, 3.05) is 26.2 Å². The molecule has 0 amide bonds. The van der Waals surface area contributed by atoms with Gasteiger partial charge < -0.3 is 5.73 Å². The summed E-state index contributed by atoms with van der Waals surface area (Å²) in [7, 11) is 0. The smallest absolute Gasteiger partial charge is 0.0669 e. The monoisotopic (exact) mass is 554 g/mol. The van der Waals surface area contributed by atoms with Gasteiger partial charge in [-0.25, -0.2) is 0 Å². The van der Waals surface area contributed by atoms with Crippen molar-refractivity contribution in [3.8, 4) is 6.07 Å². The van der Waals surface area contributed by atoms with Crippen LogP contribution in [-0.4, -0.2) is 41.5 Å². The molecule has 0 spiro atoms. The van der Waals surface area contributed by atoms with Crippen molar-refractivity contribution < 1.29 is 0 Å². The molecule has 2 heterocycles. The van der Waals surface area contributed by atoms with Gasteiger partial charge in [0.2, 0.25) is 0 Å². The van der Waals surface area contributed by atoms with E-state index in [4.69, 9.17) is 11.0 Å². The molecule has 4 nitrogen and oxygen atoms in total. The molecule has 2 atom stereocenters. The third kappa shape index (κ3) is 6.50. The molecule has 42 heavy (non-hydrogen) atoms. The Bertz CT molecular complexity index is 1350. The highest BCUT2D eigenvalue weighted by atomic mass is 15.2. The summed E-state index contributed by atoms with van der Waals surface area (Å²) in [6.07, 6.45) is 4.65. The molecule has 4 aromatic carbocycles. The first-order chi connectivity index (χ1) is 20.6. The van der Waals surface area contributed by atoms with Crippen molar-refractivity contribution in [1.29, 1.82) is 5.26 Å². The van der Waals surface area contributed by atoms with Crippen LogP contribution in [0.1, 0.15) is 60.0 Å². The zero-order valence-corrected chi connectivity index (χ0v) is 24.4. The molecular weight excluding hydrogens is 512 g/mol. The van der Waals surface area contributed by atoms with Gasteiger partial charge in [0.25, 0.3) is 0 Å². The van der Waals surface area contributed by atoms with Crippen LogP contribution in [-0.2, 0) is 0 Å². The van der Waals surface area contributed by atoms with Crippen molar-refractivity contribution >= 4 is 0 Å². The Morgan fingerprint density at radius 3 is 1.33 bits per heavy atom. The van der Waals surface area contributed by atoms with E-state index in [0.29, 0.717) is 12.0 Å². The number of hydrogen-bond acceptors (Lipinski definition) is 4. The molecule has 3 fully saturated rings. The number of nitrogens with zero attached hydrogens (tertiary/aromatic N) is 3. The van der Waals surface area contributed by atoms with Crippen LogP contribution >= 0.6 is 0 Å². The van der Waals surface area contributed by atoms with E-state index in [1.807, 2.05) is 12.1 Å². The van der Waals surface area contributed by atoms with E-state index in [9.17, 15) is 0 Å². The predicted molar refractivity (Wildman–Crippen MR) is 171 cm³/mol. The number of nitriles is 1. The minimum Gasteiger partial charge on any atom is -0.325 e. The first-order valence-electron chi connectivity index (χ1n) is 15.5. The quantitative estimate of drug-likeness (QED) is 0.262. The average molecular weight is 555 g/mol. The fourth-order valence-electron chi connectivity index (χ4n) is 6.94. The van der Waals surface area contributed by atoms with Crippen LogP contribution in [0.2, 0.25) is 0 Å². The molecule has 2 aliphatic heterocycles. The Morgan fingerprint density at radius 2 is 0.976 bits per heavy atom. The molecular formula is C38H42N4. The molecule has 2 N–H and O–H groups in total. The van der Waals surface area contributed by atoms with Gasteiger partial charge in [-0.2, -0.15) is 5.26 Å². The lowest BCUT2D eigenvalue weighted by Crippen LogP contribution is -2.35. The molecule has 4 aromatic rings. The Morgan fingerprint density at radius 1 is 0.595 bits per heavy atom. The second kappa shape index (κ2) is 13.0. The maximum absolute atomic E-state index is 9.13. The third-order valence-electron chi connectivity index (χ3n) is 9.45. The van der Waals surface area contributed by atoms with Gasteiger partial charge >= 0.3 is 0 Å². The Kier molecular flexibility index (Phi) is 8.81. The fourth-order valence-corrected chi connectivity index (χ4v) is 6.94. The maximum Gasteiger partial charge on any atom is 0.0669 e. The highest BCUT2D eigenvalue weighted by Crippen LogP contribution is 2.45. The van der Waals surface area contributed by atoms with Crippen LogP contribution in [0, 0.1) is 23.2 Å². The van der Waals surface area contributed by atoms with E-state index in [0.717, 1.165) is 32.6 Å². The van der Waals surface area contributed by atoms with Crippen LogP contribution in [0.15, 0.2) is 121 Å². The van der Waals surface area contributed by atoms with E-state index < -0.39 is 0 Å². The summed E-state index contributed by atoms with van der Waals surface area (Å²) in [5.74, 6) is 0.840. The van der Waals surface area contributed by atoms with Crippen molar-refractivity contribution in [2.24, 2.45) is 17.6 Å². The van der Waals surface area contributed by atoms with E-state index in [1.54, 1.807) is 0 Å². The fraction of sp³-hybridized carbons (Fsp3) is 0.342. The molecule has 3 aliphatic rings. The van der Waals surface area contributed by atoms with Gasteiger partial charge in [0.1, 0.15) is 0 Å². The van der Waals surface area contributed by atoms with Crippen molar-refractivity contribution in [1.82, 2.24) is 9.80 Å². The Balaban J connectivity index is 0.000000151. The topological polar surface area (TPSA) is 56.3 Å². The van der Waals surface area contributed by atoms with E-state index in [2.05, 4.69) is 125 Å². The van der Waals surface area contributed by atoms with Gasteiger partial charge in [0, 0.05) is 25.2 Å². The van der Waals surface area contributed by atoms with Gasteiger partial charge in [-0.3, -0.25) is 9.80 Å². The molecule has 0 radical (unpaired) electrons. The minimum atomic E-state index is 0.146. The van der Waals surface area contributed by atoms with Gasteiger partial charge in [-0.1, -0.05) is 121 Å². The van der Waals surface area contributed by atoms with Crippen molar-refractivity contribution in [3.05, 3.63) is 144 Å². The van der Waals surface area contributed by atoms with Crippen LogP contribution in [0.25, 0.3) is 0 Å². The highest BCUT2D eigenvalue weighted by Gasteiger charge is 2.48. The van der Waals surface area contributed by atoms with E-state index >= 15 is 0 Å². The summed E-state index contributed by atoms with van der Waals surface area (Å²) in [6, 6.07) is 45.9. The lowest BCUT2D eigenvalue weighted by atomic mass is 9.96. The van der Waals surface area contributed by atoms with E-state index in [-0.39, 0.29) is 17.5 Å².